The van der Waals surface area contributed by atoms with Crippen LogP contribution in [-0.4, -0.2) is 40.8 Å². The minimum atomic E-state index is -0.456. The summed E-state index contributed by atoms with van der Waals surface area (Å²) in [5.74, 6) is 0.753. The summed E-state index contributed by atoms with van der Waals surface area (Å²) in [4.78, 5) is 22.3. The van der Waals surface area contributed by atoms with Crippen LogP contribution in [0.2, 0.25) is 0 Å². The lowest BCUT2D eigenvalue weighted by Gasteiger charge is -2.32. The van der Waals surface area contributed by atoms with Crippen LogP contribution >= 0.6 is 0 Å². The van der Waals surface area contributed by atoms with Crippen molar-refractivity contribution in [3.63, 3.8) is 0 Å². The highest BCUT2D eigenvalue weighted by atomic mass is 16.6. The second-order valence-corrected chi connectivity index (χ2v) is 5.96. The molecule has 110 valence electrons. The van der Waals surface area contributed by atoms with E-state index in [9.17, 15) is 4.79 Å². The van der Waals surface area contributed by atoms with E-state index in [0.717, 1.165) is 31.9 Å². The second-order valence-electron chi connectivity index (χ2n) is 5.96. The first-order valence-corrected chi connectivity index (χ1v) is 6.95. The summed E-state index contributed by atoms with van der Waals surface area (Å²) < 4.78 is 5.26. The number of ether oxygens (including phenoxy) is 1. The average Bonchev–Trinajstić information content (AvgIpc) is 2.38. The smallest absolute Gasteiger partial charge is 0.407 e. The predicted molar refractivity (Wildman–Crippen MR) is 76.6 cm³/mol. The average molecular weight is 278 g/mol. The van der Waals surface area contributed by atoms with Crippen LogP contribution in [0.1, 0.15) is 33.6 Å². The first-order valence-electron chi connectivity index (χ1n) is 6.95. The fourth-order valence-corrected chi connectivity index (χ4v) is 2.15. The van der Waals surface area contributed by atoms with Crippen LogP contribution in [0, 0.1) is 0 Å². The van der Waals surface area contributed by atoms with E-state index in [1.165, 1.54) is 0 Å². The van der Waals surface area contributed by atoms with E-state index < -0.39 is 5.60 Å². The zero-order chi connectivity index (χ0) is 14.6. The molecule has 1 amide bonds. The zero-order valence-electron chi connectivity index (χ0n) is 12.3. The van der Waals surface area contributed by atoms with E-state index in [4.69, 9.17) is 4.74 Å². The summed E-state index contributed by atoms with van der Waals surface area (Å²) in [6.45, 7) is 7.26. The Balaban J connectivity index is 1.79. The highest BCUT2D eigenvalue weighted by molar-refractivity contribution is 5.68. The Morgan fingerprint density at radius 2 is 1.90 bits per heavy atom. The van der Waals surface area contributed by atoms with E-state index in [1.54, 1.807) is 18.5 Å². The fourth-order valence-electron chi connectivity index (χ4n) is 2.15. The minimum Gasteiger partial charge on any atom is -0.444 e. The number of alkyl carbamates (subject to hydrolysis) is 1. The predicted octanol–water partition coefficient (Wildman–Crippen LogP) is 1.97. The fraction of sp³-hybridized carbons (Fsp3) is 0.643. The molecule has 0 unspecified atom stereocenters. The third-order valence-corrected chi connectivity index (χ3v) is 3.05. The molecule has 20 heavy (non-hydrogen) atoms. The standard InChI is InChI=1S/C14H22N4O2/c1-14(2,3)20-13(19)17-11-5-9-18(10-6-11)12-15-7-4-8-16-12/h4,7-8,11H,5-6,9-10H2,1-3H3,(H,17,19). The summed E-state index contributed by atoms with van der Waals surface area (Å²) in [5.41, 5.74) is -0.456. The molecule has 1 aromatic heterocycles. The minimum absolute atomic E-state index is 0.157. The van der Waals surface area contributed by atoms with Crippen molar-refractivity contribution < 1.29 is 9.53 Å². The molecule has 0 saturated carbocycles. The van der Waals surface area contributed by atoms with Gasteiger partial charge in [0.1, 0.15) is 5.60 Å². The van der Waals surface area contributed by atoms with Crippen molar-refractivity contribution in [2.24, 2.45) is 0 Å². The highest BCUT2D eigenvalue weighted by Gasteiger charge is 2.24. The highest BCUT2D eigenvalue weighted by Crippen LogP contribution is 2.16. The monoisotopic (exact) mass is 278 g/mol. The lowest BCUT2D eigenvalue weighted by Crippen LogP contribution is -2.46. The molecule has 1 aromatic rings. The number of hydrogen-bond acceptors (Lipinski definition) is 5. The van der Waals surface area contributed by atoms with Gasteiger partial charge in [0.15, 0.2) is 0 Å². The number of hydrogen-bond donors (Lipinski definition) is 1. The first kappa shape index (κ1) is 14.6. The molecule has 1 aliphatic heterocycles. The van der Waals surface area contributed by atoms with Gasteiger partial charge in [0, 0.05) is 31.5 Å². The third kappa shape index (κ3) is 4.36. The van der Waals surface area contributed by atoms with Gasteiger partial charge in [-0.05, 0) is 39.7 Å². The maximum atomic E-state index is 11.7. The largest absolute Gasteiger partial charge is 0.444 e. The molecule has 1 fully saturated rings. The van der Waals surface area contributed by atoms with Crippen LogP contribution in [0.15, 0.2) is 18.5 Å². The second kappa shape index (κ2) is 6.07. The Morgan fingerprint density at radius 3 is 2.45 bits per heavy atom. The number of nitrogens with one attached hydrogen (secondary N) is 1. The molecule has 1 aliphatic rings. The molecule has 0 radical (unpaired) electrons. The van der Waals surface area contributed by atoms with E-state index in [1.807, 2.05) is 20.8 Å². The molecule has 1 saturated heterocycles. The lowest BCUT2D eigenvalue weighted by molar-refractivity contribution is 0.0497. The summed E-state index contributed by atoms with van der Waals surface area (Å²) in [6, 6.07) is 1.96. The molecule has 0 aliphatic carbocycles. The molecule has 0 bridgehead atoms. The third-order valence-electron chi connectivity index (χ3n) is 3.05. The molecule has 2 heterocycles. The van der Waals surface area contributed by atoms with Crippen LogP contribution < -0.4 is 10.2 Å². The summed E-state index contributed by atoms with van der Waals surface area (Å²) >= 11 is 0. The summed E-state index contributed by atoms with van der Waals surface area (Å²) in [5, 5.41) is 2.92. The molecular formula is C14H22N4O2. The SMILES string of the molecule is CC(C)(C)OC(=O)NC1CCN(c2ncccn2)CC1. The van der Waals surface area contributed by atoms with Crippen molar-refractivity contribution in [3.05, 3.63) is 18.5 Å². The maximum Gasteiger partial charge on any atom is 0.407 e. The van der Waals surface area contributed by atoms with Gasteiger partial charge < -0.3 is 15.0 Å². The van der Waals surface area contributed by atoms with Crippen LogP contribution in [0.25, 0.3) is 0 Å². The quantitative estimate of drug-likeness (QED) is 0.896. The van der Waals surface area contributed by atoms with Crippen LogP contribution in [0.4, 0.5) is 10.7 Å². The van der Waals surface area contributed by atoms with Gasteiger partial charge in [-0.25, -0.2) is 14.8 Å². The van der Waals surface area contributed by atoms with Crippen molar-refractivity contribution in [2.75, 3.05) is 18.0 Å². The number of carbonyl (C=O) groups is 1. The van der Waals surface area contributed by atoms with Crippen LogP contribution in [-0.2, 0) is 4.74 Å². The van der Waals surface area contributed by atoms with Gasteiger partial charge in [0.25, 0.3) is 0 Å². The Labute approximate surface area is 119 Å². The maximum absolute atomic E-state index is 11.7. The number of amides is 1. The molecule has 0 spiro atoms. The van der Waals surface area contributed by atoms with Gasteiger partial charge in [0.05, 0.1) is 0 Å². The van der Waals surface area contributed by atoms with Crippen molar-refractivity contribution in [1.82, 2.24) is 15.3 Å². The molecular weight excluding hydrogens is 256 g/mol. The van der Waals surface area contributed by atoms with Gasteiger partial charge in [-0.3, -0.25) is 0 Å². The van der Waals surface area contributed by atoms with Gasteiger partial charge in [-0.2, -0.15) is 0 Å². The van der Waals surface area contributed by atoms with E-state index in [-0.39, 0.29) is 12.1 Å². The molecule has 6 heteroatoms. The molecule has 0 atom stereocenters. The van der Waals surface area contributed by atoms with Crippen LogP contribution in [0.3, 0.4) is 0 Å². The van der Waals surface area contributed by atoms with Gasteiger partial charge in [0.2, 0.25) is 5.95 Å². The lowest BCUT2D eigenvalue weighted by atomic mass is 10.1. The Bertz CT molecular complexity index is 436. The molecule has 2 rings (SSSR count). The van der Waals surface area contributed by atoms with E-state index in [2.05, 4.69) is 20.2 Å². The van der Waals surface area contributed by atoms with Crippen molar-refractivity contribution in [1.29, 1.82) is 0 Å². The Kier molecular flexibility index (Phi) is 4.42. The first-order chi connectivity index (χ1) is 9.44. The number of carbonyl (C=O) groups excluding carboxylic acids is 1. The molecule has 6 nitrogen and oxygen atoms in total. The Morgan fingerprint density at radius 1 is 1.30 bits per heavy atom. The summed E-state index contributed by atoms with van der Waals surface area (Å²) in [6.07, 6.45) is 4.89. The zero-order valence-corrected chi connectivity index (χ0v) is 12.3. The topological polar surface area (TPSA) is 67.3 Å². The van der Waals surface area contributed by atoms with Gasteiger partial charge in [-0.1, -0.05) is 0 Å². The van der Waals surface area contributed by atoms with Gasteiger partial charge >= 0.3 is 6.09 Å². The van der Waals surface area contributed by atoms with Gasteiger partial charge in [-0.15, -0.1) is 0 Å². The normalized spacial score (nSPS) is 16.9. The Hall–Kier alpha value is -1.85. The van der Waals surface area contributed by atoms with E-state index >= 15 is 0 Å². The summed E-state index contributed by atoms with van der Waals surface area (Å²) in [7, 11) is 0. The molecule has 1 N–H and O–H groups in total. The number of aromatic nitrogens is 2. The molecule has 0 aromatic carbocycles. The van der Waals surface area contributed by atoms with Crippen molar-refractivity contribution >= 4 is 12.0 Å². The number of anilines is 1. The van der Waals surface area contributed by atoms with Crippen molar-refractivity contribution in [3.8, 4) is 0 Å². The van der Waals surface area contributed by atoms with Crippen molar-refractivity contribution in [2.45, 2.75) is 45.3 Å². The number of piperidine rings is 1. The van der Waals surface area contributed by atoms with E-state index in [0.29, 0.717) is 0 Å². The van der Waals surface area contributed by atoms with Crippen LogP contribution in [0.5, 0.6) is 0 Å². The number of rotatable bonds is 2. The number of nitrogens with zero attached hydrogens (tertiary/aromatic N) is 3.